The molecule has 3 rings (SSSR count). The molecule has 0 aliphatic heterocycles. The van der Waals surface area contributed by atoms with Crippen molar-refractivity contribution in [3.63, 3.8) is 0 Å². The van der Waals surface area contributed by atoms with Crippen LogP contribution in [0.2, 0.25) is 0 Å². The highest BCUT2D eigenvalue weighted by Gasteiger charge is 2.16. The third kappa shape index (κ3) is 8.82. The van der Waals surface area contributed by atoms with Crippen molar-refractivity contribution < 1.29 is 52.7 Å². The molecule has 8 heteroatoms. The van der Waals surface area contributed by atoms with E-state index in [2.05, 4.69) is 38.1 Å². The topological polar surface area (TPSA) is 48.4 Å². The summed E-state index contributed by atoms with van der Waals surface area (Å²) in [5.74, 6) is 0.0929. The fourth-order valence-electron chi connectivity index (χ4n) is 3.98. The summed E-state index contributed by atoms with van der Waals surface area (Å²) in [5.41, 5.74) is 3.72. The average Bonchev–Trinajstić information content (AvgIpc) is 2.85. The molecule has 0 saturated carbocycles. The number of nitrogens with zero attached hydrogens (tertiary/aromatic N) is 4. The quantitative estimate of drug-likeness (QED) is 0.233. The molecule has 3 aromatic rings. The van der Waals surface area contributed by atoms with Gasteiger partial charge in [-0.05, 0) is 25.0 Å². The third-order valence-electron chi connectivity index (χ3n) is 5.78. The van der Waals surface area contributed by atoms with Crippen molar-refractivity contribution in [1.82, 2.24) is 9.80 Å². The minimum atomic E-state index is 0. The summed E-state index contributed by atoms with van der Waals surface area (Å²) < 4.78 is 4.08. The van der Waals surface area contributed by atoms with Gasteiger partial charge in [-0.2, -0.15) is 9.13 Å². The molecular weight excluding hydrogens is 584 g/mol. The summed E-state index contributed by atoms with van der Waals surface area (Å²) in [4.78, 5) is 28.7. The van der Waals surface area contributed by atoms with E-state index in [-0.39, 0.29) is 45.8 Å². The first-order valence-corrected chi connectivity index (χ1v) is 12.0. The number of amides is 2. The minimum absolute atomic E-state index is 0. The zero-order chi connectivity index (χ0) is 24.5. The van der Waals surface area contributed by atoms with Crippen LogP contribution in [0.4, 0.5) is 0 Å². The summed E-state index contributed by atoms with van der Waals surface area (Å²) in [6.07, 6.45) is 9.68. The fourth-order valence-corrected chi connectivity index (χ4v) is 3.98. The molecule has 2 amide bonds. The van der Waals surface area contributed by atoms with Gasteiger partial charge in [-0.3, -0.25) is 9.59 Å². The molecule has 0 saturated heterocycles. The zero-order valence-corrected chi connectivity index (χ0v) is 24.7. The van der Waals surface area contributed by atoms with Crippen LogP contribution < -0.4 is 43.1 Å². The first-order valence-electron chi connectivity index (χ1n) is 12.0. The van der Waals surface area contributed by atoms with Crippen molar-refractivity contribution in [3.05, 3.63) is 95.6 Å². The smallest absolute Gasteiger partial charge is 0.259 e. The maximum atomic E-state index is 12.6. The van der Waals surface area contributed by atoms with Gasteiger partial charge in [0.15, 0.2) is 37.9 Å². The van der Waals surface area contributed by atoms with Gasteiger partial charge in [0.25, 0.3) is 11.8 Å². The van der Waals surface area contributed by atoms with Crippen molar-refractivity contribution in [3.8, 4) is 0 Å². The van der Waals surface area contributed by atoms with E-state index in [1.165, 1.54) is 0 Å². The number of halogens is 2. The number of aromatic nitrogens is 2. The van der Waals surface area contributed by atoms with Crippen LogP contribution in [0.25, 0.3) is 0 Å². The van der Waals surface area contributed by atoms with Crippen LogP contribution in [0.15, 0.2) is 73.3 Å². The monoisotopic (exact) mass is 618 g/mol. The van der Waals surface area contributed by atoms with Gasteiger partial charge in [-0.25, -0.2) is 0 Å². The zero-order valence-electron chi connectivity index (χ0n) is 21.5. The Labute approximate surface area is 236 Å². The lowest BCUT2D eigenvalue weighted by atomic mass is 10.1. The number of carbonyl (C=O) groups excluding carboxylic acids is 2. The van der Waals surface area contributed by atoms with Crippen LogP contribution in [0.5, 0.6) is 0 Å². The highest BCUT2D eigenvalue weighted by Crippen LogP contribution is 2.07. The second-order valence-corrected chi connectivity index (χ2v) is 8.80. The Balaban J connectivity index is 0.00000324. The fraction of sp³-hybridized carbons (Fsp3) is 0.357. The Hall–Kier alpha value is -2.58. The largest absolute Gasteiger partial charge is 1.00 e. The van der Waals surface area contributed by atoms with Crippen LogP contribution in [-0.4, -0.2) is 48.8 Å². The van der Waals surface area contributed by atoms with Crippen molar-refractivity contribution in [2.45, 2.75) is 39.8 Å². The number of hydrogen-bond donors (Lipinski definition) is 0. The van der Waals surface area contributed by atoms with Crippen molar-refractivity contribution in [1.29, 1.82) is 0 Å². The lowest BCUT2D eigenvalue weighted by Crippen LogP contribution is -3.00. The van der Waals surface area contributed by atoms with E-state index in [0.29, 0.717) is 24.2 Å². The normalized spacial score (nSPS) is 10.1. The van der Waals surface area contributed by atoms with E-state index in [9.17, 15) is 9.59 Å². The van der Waals surface area contributed by atoms with Gasteiger partial charge in [-0.15, -0.1) is 0 Å². The molecule has 0 radical (unpaired) electrons. The summed E-state index contributed by atoms with van der Waals surface area (Å²) >= 11 is 0. The number of benzene rings is 1. The molecular formula is C28H36Br2N4O2. The Morgan fingerprint density at radius 3 is 1.36 bits per heavy atom. The Morgan fingerprint density at radius 2 is 1.03 bits per heavy atom. The van der Waals surface area contributed by atoms with Crippen LogP contribution in [0, 0.1) is 0 Å². The van der Waals surface area contributed by atoms with Crippen LogP contribution in [-0.2, 0) is 13.1 Å². The molecule has 0 atom stereocenters. The molecule has 194 valence electrons. The second kappa shape index (κ2) is 15.5. The van der Waals surface area contributed by atoms with E-state index in [1.807, 2.05) is 72.3 Å². The molecule has 0 unspecified atom stereocenters. The SMILES string of the molecule is CCCN(C)C(=O)c1ccc[n+](Cc2ccc(C[n+]3cccc(C(=O)N(C)CCC)c3)cc2)c1.[Br-].[Br-]. The summed E-state index contributed by atoms with van der Waals surface area (Å²) in [6, 6.07) is 16.0. The number of pyridine rings is 2. The van der Waals surface area contributed by atoms with Gasteiger partial charge >= 0.3 is 0 Å². The highest BCUT2D eigenvalue weighted by molar-refractivity contribution is 5.93. The summed E-state index contributed by atoms with van der Waals surface area (Å²) in [5, 5.41) is 0. The van der Waals surface area contributed by atoms with Gasteiger partial charge < -0.3 is 43.8 Å². The minimum Gasteiger partial charge on any atom is -1.00 e. The molecule has 0 N–H and O–H groups in total. The van der Waals surface area contributed by atoms with E-state index in [4.69, 9.17) is 0 Å². The Morgan fingerprint density at radius 1 is 0.667 bits per heavy atom. The molecule has 6 nitrogen and oxygen atoms in total. The van der Waals surface area contributed by atoms with E-state index < -0.39 is 0 Å². The van der Waals surface area contributed by atoms with Crippen LogP contribution in [0.1, 0.15) is 58.5 Å². The van der Waals surface area contributed by atoms with Crippen molar-refractivity contribution in [2.75, 3.05) is 27.2 Å². The lowest BCUT2D eigenvalue weighted by molar-refractivity contribution is -0.689. The van der Waals surface area contributed by atoms with Gasteiger partial charge in [0.05, 0.1) is 0 Å². The summed E-state index contributed by atoms with van der Waals surface area (Å²) in [7, 11) is 3.68. The number of hydrogen-bond acceptors (Lipinski definition) is 2. The molecule has 2 aromatic heterocycles. The van der Waals surface area contributed by atoms with E-state index in [0.717, 1.165) is 37.1 Å². The number of rotatable bonds is 10. The molecule has 0 bridgehead atoms. The Bertz CT molecular complexity index is 1030. The molecule has 1 aromatic carbocycles. The molecule has 0 spiro atoms. The van der Waals surface area contributed by atoms with Crippen molar-refractivity contribution >= 4 is 11.8 Å². The van der Waals surface area contributed by atoms with E-state index in [1.54, 1.807) is 9.80 Å². The summed E-state index contributed by atoms with van der Waals surface area (Å²) in [6.45, 7) is 7.03. The third-order valence-corrected chi connectivity index (χ3v) is 5.78. The number of carbonyl (C=O) groups is 2. The van der Waals surface area contributed by atoms with Gasteiger partial charge in [0.1, 0.15) is 11.1 Å². The molecule has 0 fully saturated rings. The maximum Gasteiger partial charge on any atom is 0.259 e. The first-order chi connectivity index (χ1) is 16.4. The van der Waals surface area contributed by atoms with Gasteiger partial charge in [0, 0.05) is 50.4 Å². The van der Waals surface area contributed by atoms with E-state index >= 15 is 0 Å². The predicted molar refractivity (Wildman–Crippen MR) is 132 cm³/mol. The molecule has 36 heavy (non-hydrogen) atoms. The van der Waals surface area contributed by atoms with Crippen LogP contribution >= 0.6 is 0 Å². The standard InChI is InChI=1S/C28H36N4O2.2BrH/c1-5-15-29(3)27(33)25-9-7-17-31(21-25)19-23-11-13-24(14-12-23)20-32-18-8-10-26(22-32)28(34)30(4)16-6-2;;/h7-14,17-18,21-22H,5-6,15-16,19-20H2,1-4H3;2*1H/q+2;;/p-2. The van der Waals surface area contributed by atoms with Gasteiger partial charge in [0.2, 0.25) is 0 Å². The maximum absolute atomic E-state index is 12.6. The van der Waals surface area contributed by atoms with Crippen molar-refractivity contribution in [2.24, 2.45) is 0 Å². The van der Waals surface area contributed by atoms with Gasteiger partial charge in [-0.1, -0.05) is 38.1 Å². The highest BCUT2D eigenvalue weighted by atomic mass is 79.9. The first kappa shape index (κ1) is 31.4. The second-order valence-electron chi connectivity index (χ2n) is 8.80. The molecule has 0 aliphatic carbocycles. The molecule has 2 heterocycles. The van der Waals surface area contributed by atoms with Crippen LogP contribution in [0.3, 0.4) is 0 Å². The lowest BCUT2D eigenvalue weighted by Gasteiger charge is -2.15. The Kier molecular flexibility index (Phi) is 13.6. The predicted octanol–water partition coefficient (Wildman–Crippen LogP) is -2.67. The average molecular weight is 620 g/mol. The molecule has 0 aliphatic rings.